The van der Waals surface area contributed by atoms with E-state index in [1.807, 2.05) is 32.2 Å². The van der Waals surface area contributed by atoms with Gasteiger partial charge in [0.05, 0.1) is 24.2 Å². The first kappa shape index (κ1) is 20.5. The second kappa shape index (κ2) is 9.01. The average molecular weight is 429 g/mol. The molecule has 2 aromatic carbocycles. The largest absolute Gasteiger partial charge is 0.491 e. The van der Waals surface area contributed by atoms with Gasteiger partial charge in [-0.1, -0.05) is 18.2 Å². The molecule has 0 bridgehead atoms. The molecule has 0 radical (unpaired) electrons. The van der Waals surface area contributed by atoms with Gasteiger partial charge in [-0.3, -0.25) is 4.98 Å². The van der Waals surface area contributed by atoms with Gasteiger partial charge in [0.15, 0.2) is 0 Å². The van der Waals surface area contributed by atoms with Crippen molar-refractivity contribution in [1.82, 2.24) is 20.3 Å². The van der Waals surface area contributed by atoms with Crippen LogP contribution in [-0.4, -0.2) is 40.2 Å². The highest BCUT2D eigenvalue weighted by Gasteiger charge is 2.16. The summed E-state index contributed by atoms with van der Waals surface area (Å²) in [4.78, 5) is 12.5. The quantitative estimate of drug-likeness (QED) is 0.441. The average Bonchev–Trinajstić information content (AvgIpc) is 3.23. The first-order valence-electron chi connectivity index (χ1n) is 11.2. The number of fused-ring (bicyclic) bond motifs is 1. The van der Waals surface area contributed by atoms with E-state index in [2.05, 4.69) is 45.6 Å². The molecule has 5 rings (SSSR count). The first-order chi connectivity index (χ1) is 15.7. The first-order valence-corrected chi connectivity index (χ1v) is 11.2. The van der Waals surface area contributed by atoms with E-state index in [-0.39, 0.29) is 12.2 Å². The Balaban J connectivity index is 1.43. The molecular formula is C26H28N4O2. The van der Waals surface area contributed by atoms with Crippen LogP contribution in [0, 0.1) is 0 Å². The number of aromatic nitrogens is 3. The molecule has 1 unspecified atom stereocenters. The Morgan fingerprint density at radius 1 is 1.03 bits per heavy atom. The Bertz CT molecular complexity index is 1190. The Morgan fingerprint density at radius 2 is 1.88 bits per heavy atom. The van der Waals surface area contributed by atoms with Crippen molar-refractivity contribution in [2.75, 3.05) is 13.1 Å². The minimum absolute atomic E-state index is 0.144. The maximum absolute atomic E-state index is 6.08. The van der Waals surface area contributed by atoms with Crippen LogP contribution in [-0.2, 0) is 0 Å². The van der Waals surface area contributed by atoms with Gasteiger partial charge in [-0.05, 0) is 68.6 Å². The lowest BCUT2D eigenvalue weighted by molar-refractivity contribution is 0.160. The van der Waals surface area contributed by atoms with Gasteiger partial charge in [0, 0.05) is 29.2 Å². The SMILES string of the molecule is CC(C)Oc1ccc(-c2ccc3[nH]cc(-c4cncc(OC5CCCNC5)n4)c3c2)cc1. The zero-order chi connectivity index (χ0) is 21.9. The van der Waals surface area contributed by atoms with Gasteiger partial charge in [0.1, 0.15) is 11.9 Å². The molecule has 1 atom stereocenters. The summed E-state index contributed by atoms with van der Waals surface area (Å²) in [5, 5.41) is 4.48. The normalized spacial score (nSPS) is 16.4. The minimum atomic E-state index is 0.144. The molecule has 0 amide bonds. The van der Waals surface area contributed by atoms with Gasteiger partial charge in [-0.25, -0.2) is 4.98 Å². The van der Waals surface area contributed by atoms with Crippen molar-refractivity contribution in [1.29, 1.82) is 0 Å². The second-order valence-corrected chi connectivity index (χ2v) is 8.48. The predicted molar refractivity (Wildman–Crippen MR) is 127 cm³/mol. The lowest BCUT2D eigenvalue weighted by atomic mass is 10.0. The van der Waals surface area contributed by atoms with Gasteiger partial charge in [-0.2, -0.15) is 0 Å². The number of H-pyrrole nitrogens is 1. The minimum Gasteiger partial charge on any atom is -0.491 e. The molecule has 4 aromatic rings. The Hall–Kier alpha value is -3.38. The number of hydrogen-bond acceptors (Lipinski definition) is 5. The third kappa shape index (κ3) is 4.46. The maximum atomic E-state index is 6.08. The molecule has 0 saturated carbocycles. The van der Waals surface area contributed by atoms with Crippen LogP contribution in [0.5, 0.6) is 11.6 Å². The van der Waals surface area contributed by atoms with Gasteiger partial charge in [0.2, 0.25) is 5.88 Å². The Kier molecular flexibility index (Phi) is 5.77. The summed E-state index contributed by atoms with van der Waals surface area (Å²) >= 11 is 0. The van der Waals surface area contributed by atoms with E-state index in [1.165, 1.54) is 0 Å². The topological polar surface area (TPSA) is 72.1 Å². The van der Waals surface area contributed by atoms with Crippen LogP contribution in [0.1, 0.15) is 26.7 Å². The van der Waals surface area contributed by atoms with Gasteiger partial charge in [-0.15, -0.1) is 0 Å². The zero-order valence-corrected chi connectivity index (χ0v) is 18.5. The molecule has 3 heterocycles. The van der Waals surface area contributed by atoms with Gasteiger partial charge < -0.3 is 19.8 Å². The van der Waals surface area contributed by atoms with E-state index in [4.69, 9.17) is 14.5 Å². The number of nitrogens with one attached hydrogen (secondary N) is 2. The third-order valence-corrected chi connectivity index (χ3v) is 5.67. The Labute approximate surface area is 188 Å². The summed E-state index contributed by atoms with van der Waals surface area (Å²) in [5.74, 6) is 1.45. The molecule has 164 valence electrons. The number of aromatic amines is 1. The third-order valence-electron chi connectivity index (χ3n) is 5.67. The molecule has 1 saturated heterocycles. The van der Waals surface area contributed by atoms with Crippen LogP contribution in [0.15, 0.2) is 61.1 Å². The number of nitrogens with zero attached hydrogens (tertiary/aromatic N) is 2. The monoisotopic (exact) mass is 428 g/mol. The van der Waals surface area contributed by atoms with E-state index in [1.54, 1.807) is 12.4 Å². The molecule has 1 aliphatic heterocycles. The van der Waals surface area contributed by atoms with Crippen LogP contribution in [0.4, 0.5) is 0 Å². The molecule has 6 heteroatoms. The lowest BCUT2D eigenvalue weighted by Crippen LogP contribution is -2.37. The fourth-order valence-corrected chi connectivity index (χ4v) is 4.14. The molecule has 1 fully saturated rings. The highest BCUT2D eigenvalue weighted by Crippen LogP contribution is 2.32. The number of hydrogen-bond donors (Lipinski definition) is 2. The van der Waals surface area contributed by atoms with E-state index in [0.29, 0.717) is 5.88 Å². The molecule has 6 nitrogen and oxygen atoms in total. The highest BCUT2D eigenvalue weighted by atomic mass is 16.5. The summed E-state index contributed by atoms with van der Waals surface area (Å²) in [6, 6.07) is 14.7. The molecule has 2 aromatic heterocycles. The summed E-state index contributed by atoms with van der Waals surface area (Å²) in [7, 11) is 0. The van der Waals surface area contributed by atoms with Crippen LogP contribution in [0.2, 0.25) is 0 Å². The van der Waals surface area contributed by atoms with Crippen molar-refractivity contribution in [2.45, 2.75) is 38.9 Å². The molecule has 2 N–H and O–H groups in total. The molecule has 1 aliphatic rings. The van der Waals surface area contributed by atoms with Gasteiger partial charge >= 0.3 is 0 Å². The van der Waals surface area contributed by atoms with Crippen LogP contribution in [0.3, 0.4) is 0 Å². The predicted octanol–water partition coefficient (Wildman–Crippen LogP) is 5.21. The van der Waals surface area contributed by atoms with Crippen molar-refractivity contribution < 1.29 is 9.47 Å². The van der Waals surface area contributed by atoms with Crippen LogP contribution >= 0.6 is 0 Å². The zero-order valence-electron chi connectivity index (χ0n) is 18.5. The molecule has 0 spiro atoms. The molecule has 32 heavy (non-hydrogen) atoms. The number of ether oxygens (including phenoxy) is 2. The van der Waals surface area contributed by atoms with Crippen LogP contribution < -0.4 is 14.8 Å². The summed E-state index contributed by atoms with van der Waals surface area (Å²) < 4.78 is 11.8. The molecular weight excluding hydrogens is 400 g/mol. The standard InChI is InChI=1S/C26H28N4O2/c1-17(2)31-20-8-5-18(6-9-20)19-7-10-24-22(12-19)23(14-29-24)25-15-28-16-26(30-25)32-21-4-3-11-27-13-21/h5-10,12,14-17,21,27,29H,3-4,11,13H2,1-2H3. The number of rotatable bonds is 6. The lowest BCUT2D eigenvalue weighted by Gasteiger charge is -2.23. The van der Waals surface area contributed by atoms with Crippen molar-refractivity contribution in [2.24, 2.45) is 0 Å². The van der Waals surface area contributed by atoms with Crippen molar-refractivity contribution in [3.63, 3.8) is 0 Å². The van der Waals surface area contributed by atoms with Crippen molar-refractivity contribution >= 4 is 10.9 Å². The number of piperidine rings is 1. The smallest absolute Gasteiger partial charge is 0.233 e. The fraction of sp³-hybridized carbons (Fsp3) is 0.308. The van der Waals surface area contributed by atoms with E-state index >= 15 is 0 Å². The van der Waals surface area contributed by atoms with Crippen molar-refractivity contribution in [3.8, 4) is 34.0 Å². The Morgan fingerprint density at radius 3 is 2.66 bits per heavy atom. The fourth-order valence-electron chi connectivity index (χ4n) is 4.14. The van der Waals surface area contributed by atoms with Crippen molar-refractivity contribution in [3.05, 3.63) is 61.1 Å². The highest BCUT2D eigenvalue weighted by molar-refractivity contribution is 5.97. The van der Waals surface area contributed by atoms with E-state index < -0.39 is 0 Å². The summed E-state index contributed by atoms with van der Waals surface area (Å²) in [6.45, 7) is 5.97. The maximum Gasteiger partial charge on any atom is 0.233 e. The molecule has 0 aliphatic carbocycles. The second-order valence-electron chi connectivity index (χ2n) is 8.48. The summed E-state index contributed by atoms with van der Waals surface area (Å²) in [5.41, 5.74) is 5.16. The van der Waals surface area contributed by atoms with Gasteiger partial charge in [0.25, 0.3) is 0 Å². The van der Waals surface area contributed by atoms with E-state index in [9.17, 15) is 0 Å². The summed E-state index contributed by atoms with van der Waals surface area (Å²) in [6.07, 6.45) is 7.94. The number of benzene rings is 2. The van der Waals surface area contributed by atoms with E-state index in [0.717, 1.165) is 65.0 Å². The van der Waals surface area contributed by atoms with Crippen LogP contribution in [0.25, 0.3) is 33.3 Å².